The molecule has 2 heteroatoms. The van der Waals surface area contributed by atoms with Crippen LogP contribution in [0.1, 0.15) is 48.0 Å². The van der Waals surface area contributed by atoms with Crippen LogP contribution in [0.3, 0.4) is 0 Å². The number of rotatable bonds is 10. The van der Waals surface area contributed by atoms with Gasteiger partial charge in [-0.2, -0.15) is 0 Å². The molecule has 0 rings (SSSR count). The number of hydrogen-bond donors (Lipinski definition) is 2. The summed E-state index contributed by atoms with van der Waals surface area (Å²) in [5, 5.41) is 6.81. The van der Waals surface area contributed by atoms with Crippen LogP contribution in [0.25, 0.3) is 0 Å². The molecular weight excluding hydrogens is 256 g/mol. The highest BCUT2D eigenvalue weighted by atomic mass is 15.0. The van der Waals surface area contributed by atoms with Crippen molar-refractivity contribution < 1.29 is 0 Å². The molecule has 0 heterocycles. The molecule has 2 unspecified atom stereocenters. The second kappa shape index (κ2) is 9.09. The van der Waals surface area contributed by atoms with E-state index in [1.165, 1.54) is 11.1 Å². The molecule has 0 bridgehead atoms. The van der Waals surface area contributed by atoms with Crippen LogP contribution < -0.4 is 10.6 Å². The van der Waals surface area contributed by atoms with Crippen LogP contribution in [0.15, 0.2) is 36.6 Å². The maximum Gasteiger partial charge on any atom is 0.0484 e. The van der Waals surface area contributed by atoms with Crippen LogP contribution >= 0.6 is 0 Å². The van der Waals surface area contributed by atoms with Crippen molar-refractivity contribution in [3.63, 3.8) is 0 Å². The van der Waals surface area contributed by atoms with E-state index >= 15 is 0 Å². The van der Waals surface area contributed by atoms with E-state index in [0.29, 0.717) is 17.8 Å². The first-order valence-corrected chi connectivity index (χ1v) is 8.10. The second-order valence-corrected chi connectivity index (χ2v) is 6.89. The number of hydrogen-bond acceptors (Lipinski definition) is 2. The maximum absolute atomic E-state index is 4.25. The zero-order valence-corrected chi connectivity index (χ0v) is 15.2. The first-order chi connectivity index (χ1) is 9.61. The molecule has 0 aliphatic rings. The van der Waals surface area contributed by atoms with Crippen LogP contribution in [0.4, 0.5) is 0 Å². The lowest BCUT2D eigenvalue weighted by Gasteiger charge is -2.29. The summed E-state index contributed by atoms with van der Waals surface area (Å²) in [5.74, 6) is 1.51. The highest BCUT2D eigenvalue weighted by Gasteiger charge is 2.19. The van der Waals surface area contributed by atoms with Gasteiger partial charge in [0, 0.05) is 17.8 Å². The van der Waals surface area contributed by atoms with Crippen molar-refractivity contribution in [1.82, 2.24) is 10.6 Å². The van der Waals surface area contributed by atoms with Gasteiger partial charge < -0.3 is 10.6 Å². The lowest BCUT2D eigenvalue weighted by Crippen LogP contribution is -2.41. The predicted molar refractivity (Wildman–Crippen MR) is 96.3 cm³/mol. The summed E-state index contributed by atoms with van der Waals surface area (Å²) < 4.78 is 0. The molecule has 0 aromatic heterocycles. The van der Waals surface area contributed by atoms with Gasteiger partial charge in [0.2, 0.25) is 0 Å². The maximum atomic E-state index is 4.25. The van der Waals surface area contributed by atoms with Crippen molar-refractivity contribution in [3.8, 4) is 0 Å². The fourth-order valence-electron chi connectivity index (χ4n) is 2.65. The third-order valence-electron chi connectivity index (χ3n) is 4.31. The molecule has 2 nitrogen and oxygen atoms in total. The fourth-order valence-corrected chi connectivity index (χ4v) is 2.65. The number of nitrogens with one attached hydrogen (secondary N) is 2. The zero-order valence-electron chi connectivity index (χ0n) is 15.2. The Hall–Kier alpha value is -1.02. The van der Waals surface area contributed by atoms with E-state index in [1.54, 1.807) is 0 Å². The van der Waals surface area contributed by atoms with Crippen molar-refractivity contribution >= 4 is 0 Å². The van der Waals surface area contributed by atoms with E-state index in [2.05, 4.69) is 71.9 Å². The quantitative estimate of drug-likeness (QED) is 0.579. The molecule has 3 atom stereocenters. The van der Waals surface area contributed by atoms with E-state index in [4.69, 9.17) is 0 Å². The third kappa shape index (κ3) is 6.52. The van der Waals surface area contributed by atoms with Crippen LogP contribution in [0, 0.1) is 17.8 Å². The van der Waals surface area contributed by atoms with Crippen LogP contribution in [0.2, 0.25) is 0 Å². The monoisotopic (exact) mass is 292 g/mol. The topological polar surface area (TPSA) is 24.1 Å². The molecule has 0 spiro atoms. The molecule has 0 radical (unpaired) electrons. The Labute approximate surface area is 132 Å². The van der Waals surface area contributed by atoms with Crippen molar-refractivity contribution in [1.29, 1.82) is 0 Å². The van der Waals surface area contributed by atoms with Crippen molar-refractivity contribution in [2.45, 2.75) is 60.0 Å². The number of allylic oxidation sites excluding steroid dienone is 1. The molecule has 0 amide bonds. The Kier molecular flexibility index (Phi) is 8.65. The molecule has 0 aliphatic heterocycles. The lowest BCUT2D eigenvalue weighted by atomic mass is 9.86. The Morgan fingerprint density at radius 1 is 0.952 bits per heavy atom. The normalized spacial score (nSPS) is 15.7. The molecule has 0 fully saturated rings. The summed E-state index contributed by atoms with van der Waals surface area (Å²) in [4.78, 5) is 0. The zero-order chi connectivity index (χ0) is 16.7. The first-order valence-electron chi connectivity index (χ1n) is 8.10. The Morgan fingerprint density at radius 2 is 1.48 bits per heavy atom. The average molecular weight is 293 g/mol. The molecule has 0 aliphatic carbocycles. The van der Waals surface area contributed by atoms with Crippen molar-refractivity contribution in [2.24, 2.45) is 17.8 Å². The Bertz CT molecular complexity index is 366. The van der Waals surface area contributed by atoms with E-state index < -0.39 is 0 Å². The van der Waals surface area contributed by atoms with Gasteiger partial charge in [0.1, 0.15) is 0 Å². The molecule has 0 saturated heterocycles. The molecule has 0 aromatic rings. The minimum atomic E-state index is 0.231. The summed E-state index contributed by atoms with van der Waals surface area (Å²) >= 11 is 0. The van der Waals surface area contributed by atoms with Gasteiger partial charge in [0.25, 0.3) is 0 Å². The Balaban J connectivity index is 4.52. The van der Waals surface area contributed by atoms with E-state index in [-0.39, 0.29) is 12.1 Å². The SMILES string of the molecule is C=C(C(C)C)C(C)CC(=C)C(C)NC(=C)[C@@H](NC)C(C)C. The fraction of sp³-hybridized carbons (Fsp3) is 0.684. The Morgan fingerprint density at radius 3 is 1.86 bits per heavy atom. The predicted octanol–water partition coefficient (Wildman–Crippen LogP) is 4.52. The van der Waals surface area contributed by atoms with Crippen LogP contribution in [0.5, 0.6) is 0 Å². The minimum Gasteiger partial charge on any atom is -0.381 e. The largest absolute Gasteiger partial charge is 0.381 e. The van der Waals surface area contributed by atoms with Gasteiger partial charge in [-0.1, -0.05) is 65.5 Å². The summed E-state index contributed by atoms with van der Waals surface area (Å²) in [7, 11) is 1.98. The third-order valence-corrected chi connectivity index (χ3v) is 4.31. The smallest absolute Gasteiger partial charge is 0.0484 e. The van der Waals surface area contributed by atoms with Gasteiger partial charge >= 0.3 is 0 Å². The van der Waals surface area contributed by atoms with E-state index in [1.807, 2.05) is 7.05 Å². The molecule has 21 heavy (non-hydrogen) atoms. The molecule has 0 saturated carbocycles. The van der Waals surface area contributed by atoms with Gasteiger partial charge in [0.15, 0.2) is 0 Å². The first kappa shape index (κ1) is 20.0. The van der Waals surface area contributed by atoms with Crippen LogP contribution in [-0.2, 0) is 0 Å². The van der Waals surface area contributed by atoms with Gasteiger partial charge in [-0.15, -0.1) is 0 Å². The minimum absolute atomic E-state index is 0.231. The van der Waals surface area contributed by atoms with Gasteiger partial charge in [-0.05, 0) is 38.1 Å². The van der Waals surface area contributed by atoms with Crippen LogP contribution in [-0.4, -0.2) is 19.1 Å². The molecular formula is C19H36N2. The summed E-state index contributed by atoms with van der Waals surface area (Å²) in [6.07, 6.45) is 0.977. The van der Waals surface area contributed by atoms with Gasteiger partial charge in [-0.3, -0.25) is 0 Å². The summed E-state index contributed by atoms with van der Waals surface area (Å²) in [6, 6.07) is 0.512. The van der Waals surface area contributed by atoms with Gasteiger partial charge in [0.05, 0.1) is 0 Å². The lowest BCUT2D eigenvalue weighted by molar-refractivity contribution is 0.444. The average Bonchev–Trinajstić information content (AvgIpc) is 2.37. The van der Waals surface area contributed by atoms with Crippen molar-refractivity contribution in [2.75, 3.05) is 7.05 Å². The molecule has 122 valence electrons. The molecule has 0 aromatic carbocycles. The van der Waals surface area contributed by atoms with Crippen molar-refractivity contribution in [3.05, 3.63) is 36.6 Å². The number of likely N-dealkylation sites (N-methyl/N-ethyl adjacent to an activating group) is 1. The summed E-state index contributed by atoms with van der Waals surface area (Å²) in [6.45, 7) is 25.8. The summed E-state index contributed by atoms with van der Waals surface area (Å²) in [5.41, 5.74) is 3.55. The van der Waals surface area contributed by atoms with Gasteiger partial charge in [-0.25, -0.2) is 0 Å². The van der Waals surface area contributed by atoms with E-state index in [0.717, 1.165) is 12.1 Å². The standard InChI is InChI=1S/C19H36N2/c1-12(2)16(7)14(5)11-15(6)17(8)21-18(9)19(20-10)13(3)4/h12-14,17,19-21H,6-7,9,11H2,1-5,8,10H3/t14?,17?,19-/m0/s1. The molecule has 2 N–H and O–H groups in total. The highest BCUT2D eigenvalue weighted by Crippen LogP contribution is 2.25. The highest BCUT2D eigenvalue weighted by molar-refractivity contribution is 5.15. The van der Waals surface area contributed by atoms with E-state index in [9.17, 15) is 0 Å². The second-order valence-electron chi connectivity index (χ2n) is 6.89.